The van der Waals surface area contributed by atoms with Crippen molar-refractivity contribution >= 4 is 11.9 Å². The monoisotopic (exact) mass is 641 g/mol. The van der Waals surface area contributed by atoms with Crippen LogP contribution in [0.25, 0.3) is 0 Å². The summed E-state index contributed by atoms with van der Waals surface area (Å²) in [6.45, 7) is 19.8. The van der Waals surface area contributed by atoms with Gasteiger partial charge in [-0.25, -0.2) is 0 Å². The molecular weight excluding hydrogens is 572 g/mol. The lowest BCUT2D eigenvalue weighted by atomic mass is 9.32. The Labute approximate surface area is 281 Å². The first kappa shape index (κ1) is 35.9. The lowest BCUT2D eigenvalue weighted by Crippen LogP contribution is -2.67. The minimum absolute atomic E-state index is 0.0304. The van der Waals surface area contributed by atoms with E-state index in [-0.39, 0.29) is 45.6 Å². The molecule has 5 saturated carbocycles. The molecule has 0 aromatic rings. The van der Waals surface area contributed by atoms with Crippen molar-refractivity contribution in [3.05, 3.63) is 12.2 Å². The minimum Gasteiger partial charge on any atom is -0.481 e. The van der Waals surface area contributed by atoms with E-state index in [0.29, 0.717) is 36.2 Å². The van der Waals surface area contributed by atoms with Crippen LogP contribution in [0.3, 0.4) is 0 Å². The molecule has 0 heterocycles. The molecule has 262 valence electrons. The number of carboxylic acid groups (broad SMARTS) is 1. The third-order valence-electron chi connectivity index (χ3n) is 16.0. The van der Waals surface area contributed by atoms with Crippen molar-refractivity contribution in [3.63, 3.8) is 0 Å². The van der Waals surface area contributed by atoms with E-state index in [9.17, 15) is 14.7 Å². The minimum atomic E-state index is -0.695. The summed E-state index contributed by atoms with van der Waals surface area (Å²) in [5.74, 6) is 1.90. The third kappa shape index (κ3) is 5.93. The average molecular weight is 641 g/mol. The van der Waals surface area contributed by atoms with Gasteiger partial charge in [-0.2, -0.15) is 0 Å². The Balaban J connectivity index is 1.24. The number of carbonyl (C=O) groups is 2. The molecule has 0 aliphatic heterocycles. The van der Waals surface area contributed by atoms with E-state index in [1.807, 2.05) is 0 Å². The molecule has 0 spiro atoms. The summed E-state index contributed by atoms with van der Waals surface area (Å²) in [5, 5.41) is 19.8. The molecule has 0 aromatic carbocycles. The van der Waals surface area contributed by atoms with Crippen LogP contribution in [-0.2, 0) is 14.3 Å². The quantitative estimate of drug-likeness (QED) is 0.119. The highest BCUT2D eigenvalue weighted by Crippen LogP contribution is 2.77. The van der Waals surface area contributed by atoms with E-state index in [0.717, 1.165) is 83.5 Å². The molecule has 5 rings (SSSR count). The van der Waals surface area contributed by atoms with E-state index >= 15 is 0 Å². The largest absolute Gasteiger partial charge is 0.481 e. The summed E-state index contributed by atoms with van der Waals surface area (Å²) in [6.07, 6.45) is 19.6. The standard InChI is InChI=1S/C41H68O5/c1-28(2)29-19-24-41(36(45)46-27-15-13-11-9-8-10-12-14-16-34(43)44)26-25-39(6)30(35(29)41)17-18-32-38(5)22-21-33(42)37(3,4)31(38)20-23-40(32,39)7/h29-33,35,42H,1,8-27H2,2-7H3,(H,43,44)/t29-,30+,31-,32?,33-,35+,38-,39+,40+,41-/m0/s1. The molecule has 5 fully saturated rings. The first-order valence-corrected chi connectivity index (χ1v) is 19.4. The second-order valence-corrected chi connectivity index (χ2v) is 18.3. The van der Waals surface area contributed by atoms with Gasteiger partial charge >= 0.3 is 11.9 Å². The number of unbranched alkanes of at least 4 members (excludes halogenated alkanes) is 7. The Hall–Kier alpha value is -1.36. The van der Waals surface area contributed by atoms with Gasteiger partial charge in [0.1, 0.15) is 0 Å². The third-order valence-corrected chi connectivity index (χ3v) is 16.0. The molecule has 46 heavy (non-hydrogen) atoms. The maximum atomic E-state index is 14.2. The Morgan fingerprint density at radius 1 is 0.739 bits per heavy atom. The highest BCUT2D eigenvalue weighted by Gasteiger charge is 2.72. The summed E-state index contributed by atoms with van der Waals surface area (Å²) in [7, 11) is 0. The number of hydrogen-bond acceptors (Lipinski definition) is 4. The number of rotatable bonds is 13. The van der Waals surface area contributed by atoms with E-state index in [1.165, 1.54) is 37.7 Å². The topological polar surface area (TPSA) is 83.8 Å². The molecule has 10 atom stereocenters. The van der Waals surface area contributed by atoms with E-state index in [2.05, 4.69) is 48.1 Å². The van der Waals surface area contributed by atoms with Crippen molar-refractivity contribution in [3.8, 4) is 0 Å². The number of esters is 1. The van der Waals surface area contributed by atoms with Gasteiger partial charge in [0.05, 0.1) is 18.1 Å². The van der Waals surface area contributed by atoms with Gasteiger partial charge < -0.3 is 14.9 Å². The first-order chi connectivity index (χ1) is 21.6. The van der Waals surface area contributed by atoms with Crippen molar-refractivity contribution in [1.82, 2.24) is 0 Å². The lowest BCUT2D eigenvalue weighted by molar-refractivity contribution is -0.248. The summed E-state index contributed by atoms with van der Waals surface area (Å²) >= 11 is 0. The van der Waals surface area contributed by atoms with Gasteiger partial charge in [-0.1, -0.05) is 85.3 Å². The fourth-order valence-electron chi connectivity index (χ4n) is 13.2. The van der Waals surface area contributed by atoms with E-state index < -0.39 is 5.97 Å². The Morgan fingerprint density at radius 3 is 2.04 bits per heavy atom. The molecular formula is C41H68O5. The van der Waals surface area contributed by atoms with Crippen molar-refractivity contribution in [2.45, 2.75) is 170 Å². The van der Waals surface area contributed by atoms with Gasteiger partial charge in [-0.15, -0.1) is 0 Å². The van der Waals surface area contributed by atoms with Crippen LogP contribution in [0.2, 0.25) is 0 Å². The zero-order valence-corrected chi connectivity index (χ0v) is 30.4. The van der Waals surface area contributed by atoms with Crippen molar-refractivity contribution in [2.75, 3.05) is 6.61 Å². The maximum absolute atomic E-state index is 14.2. The van der Waals surface area contributed by atoms with Crippen molar-refractivity contribution in [2.24, 2.45) is 56.7 Å². The molecule has 1 unspecified atom stereocenters. The van der Waals surface area contributed by atoms with Crippen LogP contribution in [0.5, 0.6) is 0 Å². The van der Waals surface area contributed by atoms with Crippen LogP contribution >= 0.6 is 0 Å². The SMILES string of the molecule is C=C(C)[C@@H]1CC[C@]2(C(=O)OCCCCCCCCCCC(=O)O)CC[C@]3(C)[C@H](CCC4[C@@]5(C)CC[C@H](O)C(C)(C)[C@@H]5CC[C@]43C)[C@@H]12. The second kappa shape index (κ2) is 13.5. The second-order valence-electron chi connectivity index (χ2n) is 18.3. The van der Waals surface area contributed by atoms with Gasteiger partial charge in [-0.05, 0) is 135 Å². The molecule has 2 N–H and O–H groups in total. The normalized spacial score (nSPS) is 42.7. The molecule has 0 amide bonds. The number of aliphatic hydroxyl groups excluding tert-OH is 1. The lowest BCUT2D eigenvalue weighted by Gasteiger charge is -2.72. The summed E-state index contributed by atoms with van der Waals surface area (Å²) in [5.41, 5.74) is 1.58. The van der Waals surface area contributed by atoms with Crippen LogP contribution in [0.4, 0.5) is 0 Å². The molecule has 5 nitrogen and oxygen atoms in total. The van der Waals surface area contributed by atoms with Gasteiger partial charge in [-0.3, -0.25) is 9.59 Å². The van der Waals surface area contributed by atoms with Crippen LogP contribution < -0.4 is 0 Å². The van der Waals surface area contributed by atoms with E-state index in [1.54, 1.807) is 0 Å². The predicted octanol–water partition coefficient (Wildman–Crippen LogP) is 10.1. The number of hydrogen-bond donors (Lipinski definition) is 2. The Bertz CT molecular complexity index is 1130. The first-order valence-electron chi connectivity index (χ1n) is 19.4. The average Bonchev–Trinajstić information content (AvgIpc) is 3.39. The number of aliphatic hydroxyl groups is 1. The van der Waals surface area contributed by atoms with Crippen molar-refractivity contribution in [1.29, 1.82) is 0 Å². The summed E-state index contributed by atoms with van der Waals surface area (Å²) < 4.78 is 6.21. The molecule has 0 saturated heterocycles. The van der Waals surface area contributed by atoms with E-state index in [4.69, 9.17) is 9.84 Å². The number of aliphatic carboxylic acids is 1. The number of ether oxygens (including phenoxy) is 1. The van der Waals surface area contributed by atoms with Gasteiger partial charge in [0.25, 0.3) is 0 Å². The Morgan fingerprint density at radius 2 is 1.39 bits per heavy atom. The highest BCUT2D eigenvalue weighted by atomic mass is 16.5. The van der Waals surface area contributed by atoms with Gasteiger partial charge in [0.15, 0.2) is 0 Å². The molecule has 0 bridgehead atoms. The fourth-order valence-corrected chi connectivity index (χ4v) is 13.2. The zero-order chi connectivity index (χ0) is 33.5. The number of fused-ring (bicyclic) bond motifs is 7. The zero-order valence-electron chi connectivity index (χ0n) is 30.4. The summed E-state index contributed by atoms with van der Waals surface area (Å²) in [6, 6.07) is 0. The summed E-state index contributed by atoms with van der Waals surface area (Å²) in [4.78, 5) is 24.9. The molecule has 5 heteroatoms. The Kier molecular flexibility index (Phi) is 10.6. The fraction of sp³-hybridized carbons (Fsp3) is 0.902. The van der Waals surface area contributed by atoms with Gasteiger partial charge in [0.2, 0.25) is 0 Å². The van der Waals surface area contributed by atoms with Crippen LogP contribution in [0, 0.1) is 56.7 Å². The number of carbonyl (C=O) groups excluding carboxylic acids is 1. The predicted molar refractivity (Wildman–Crippen MR) is 185 cm³/mol. The molecule has 0 aromatic heterocycles. The van der Waals surface area contributed by atoms with Crippen LogP contribution in [0.15, 0.2) is 12.2 Å². The molecule has 0 radical (unpaired) electrons. The number of carboxylic acids is 1. The smallest absolute Gasteiger partial charge is 0.312 e. The maximum Gasteiger partial charge on any atom is 0.312 e. The highest BCUT2D eigenvalue weighted by molar-refractivity contribution is 5.78. The van der Waals surface area contributed by atoms with Crippen LogP contribution in [-0.4, -0.2) is 34.9 Å². The van der Waals surface area contributed by atoms with Crippen LogP contribution in [0.1, 0.15) is 164 Å². The molecule has 5 aliphatic carbocycles. The number of allylic oxidation sites excluding steroid dienone is 1. The van der Waals surface area contributed by atoms with Crippen molar-refractivity contribution < 1.29 is 24.5 Å². The van der Waals surface area contributed by atoms with Gasteiger partial charge in [0, 0.05) is 6.42 Å². The molecule has 5 aliphatic rings.